The van der Waals surface area contributed by atoms with Crippen molar-refractivity contribution >= 4 is 28.5 Å². The number of amides is 1. The average molecular weight is 350 g/mol. The lowest BCUT2D eigenvalue weighted by Gasteiger charge is -2.24. The lowest BCUT2D eigenvalue weighted by Crippen LogP contribution is -2.29. The molecule has 0 aliphatic rings. The Morgan fingerprint density at radius 3 is 2.50 bits per heavy atom. The number of fused-ring (bicyclic) bond motifs is 1. The van der Waals surface area contributed by atoms with Crippen molar-refractivity contribution in [3.05, 3.63) is 65.9 Å². The highest BCUT2D eigenvalue weighted by Crippen LogP contribution is 2.20. The Bertz CT molecular complexity index is 939. The van der Waals surface area contributed by atoms with Gasteiger partial charge in [0.2, 0.25) is 0 Å². The van der Waals surface area contributed by atoms with Crippen LogP contribution < -0.4 is 5.32 Å². The van der Waals surface area contributed by atoms with Gasteiger partial charge in [0, 0.05) is 36.3 Å². The van der Waals surface area contributed by atoms with Crippen molar-refractivity contribution in [2.75, 3.05) is 5.32 Å². The molecular formula is C21H22N2O3. The van der Waals surface area contributed by atoms with Gasteiger partial charge in [-0.05, 0) is 55.1 Å². The first-order chi connectivity index (χ1) is 12.3. The second-order valence-corrected chi connectivity index (χ2v) is 6.96. The molecule has 0 bridgehead atoms. The fraction of sp³-hybridized carbons (Fsp3) is 0.238. The van der Waals surface area contributed by atoms with E-state index in [1.54, 1.807) is 0 Å². The molecule has 1 amide bonds. The summed E-state index contributed by atoms with van der Waals surface area (Å²) in [7, 11) is 0. The summed E-state index contributed by atoms with van der Waals surface area (Å²) in [5, 5.41) is 3.97. The molecule has 5 heteroatoms. The van der Waals surface area contributed by atoms with Gasteiger partial charge in [0.25, 0.3) is 5.91 Å². The van der Waals surface area contributed by atoms with Crippen LogP contribution >= 0.6 is 0 Å². The standard InChI is InChI=1S/C21H22N2O3/c1-14(24)26-21(2,3)13-15-4-8-18(9-5-15)23-20(25)17-7-6-16-10-11-22-19(16)12-17/h4-12,22H,13H2,1-3H3,(H,23,25). The molecule has 0 spiro atoms. The predicted molar refractivity (Wildman–Crippen MR) is 102 cm³/mol. The van der Waals surface area contributed by atoms with Crippen LogP contribution in [0.25, 0.3) is 10.9 Å². The molecule has 0 unspecified atom stereocenters. The van der Waals surface area contributed by atoms with E-state index < -0.39 is 5.60 Å². The molecule has 0 fully saturated rings. The second-order valence-electron chi connectivity index (χ2n) is 6.96. The SMILES string of the molecule is CC(=O)OC(C)(C)Cc1ccc(NC(=O)c2ccc3cc[nH]c3c2)cc1. The lowest BCUT2D eigenvalue weighted by molar-refractivity contribution is -0.153. The van der Waals surface area contributed by atoms with Crippen molar-refractivity contribution < 1.29 is 14.3 Å². The summed E-state index contributed by atoms with van der Waals surface area (Å²) < 4.78 is 5.31. The number of aromatic nitrogens is 1. The van der Waals surface area contributed by atoms with Gasteiger partial charge in [-0.3, -0.25) is 9.59 Å². The van der Waals surface area contributed by atoms with Crippen molar-refractivity contribution in [2.45, 2.75) is 32.8 Å². The molecule has 2 aromatic carbocycles. The quantitative estimate of drug-likeness (QED) is 0.674. The number of ether oxygens (including phenoxy) is 1. The topological polar surface area (TPSA) is 71.2 Å². The minimum absolute atomic E-state index is 0.158. The maximum absolute atomic E-state index is 12.4. The molecule has 0 aliphatic carbocycles. The fourth-order valence-electron chi connectivity index (χ4n) is 3.02. The molecule has 0 aliphatic heterocycles. The summed E-state index contributed by atoms with van der Waals surface area (Å²) in [6, 6.07) is 15.1. The number of aromatic amines is 1. The third-order valence-electron chi connectivity index (χ3n) is 4.08. The Hall–Kier alpha value is -3.08. The van der Waals surface area contributed by atoms with Crippen LogP contribution in [0.4, 0.5) is 5.69 Å². The zero-order valence-corrected chi connectivity index (χ0v) is 15.1. The monoisotopic (exact) mass is 350 g/mol. The first kappa shape index (κ1) is 17.7. The summed E-state index contributed by atoms with van der Waals surface area (Å²) in [6.07, 6.45) is 2.45. The van der Waals surface area contributed by atoms with Crippen molar-refractivity contribution in [3.8, 4) is 0 Å². The summed E-state index contributed by atoms with van der Waals surface area (Å²) in [6.45, 7) is 5.16. The van der Waals surface area contributed by atoms with Crippen molar-refractivity contribution in [3.63, 3.8) is 0 Å². The fourth-order valence-corrected chi connectivity index (χ4v) is 3.02. The van der Waals surface area contributed by atoms with Crippen LogP contribution in [0.5, 0.6) is 0 Å². The predicted octanol–water partition coefficient (Wildman–Crippen LogP) is 4.30. The van der Waals surface area contributed by atoms with Gasteiger partial charge < -0.3 is 15.0 Å². The van der Waals surface area contributed by atoms with Gasteiger partial charge in [-0.25, -0.2) is 0 Å². The molecule has 0 radical (unpaired) electrons. The second kappa shape index (κ2) is 7.04. The summed E-state index contributed by atoms with van der Waals surface area (Å²) >= 11 is 0. The number of hydrogen-bond donors (Lipinski definition) is 2. The van der Waals surface area contributed by atoms with E-state index in [0.29, 0.717) is 12.0 Å². The van der Waals surface area contributed by atoms with Crippen LogP contribution in [-0.2, 0) is 16.0 Å². The number of hydrogen-bond acceptors (Lipinski definition) is 3. The summed E-state index contributed by atoms with van der Waals surface area (Å²) in [5.41, 5.74) is 2.71. The smallest absolute Gasteiger partial charge is 0.303 e. The van der Waals surface area contributed by atoms with Gasteiger partial charge in [-0.2, -0.15) is 0 Å². The van der Waals surface area contributed by atoms with E-state index in [1.807, 2.05) is 68.6 Å². The van der Waals surface area contributed by atoms with Crippen LogP contribution in [0.15, 0.2) is 54.7 Å². The Balaban J connectivity index is 1.66. The van der Waals surface area contributed by atoms with Gasteiger partial charge in [0.1, 0.15) is 5.60 Å². The molecule has 2 N–H and O–H groups in total. The summed E-state index contributed by atoms with van der Waals surface area (Å²) in [5.74, 6) is -0.451. The zero-order valence-electron chi connectivity index (χ0n) is 15.1. The Morgan fingerprint density at radius 2 is 1.81 bits per heavy atom. The maximum Gasteiger partial charge on any atom is 0.303 e. The number of esters is 1. The molecule has 134 valence electrons. The Kier molecular flexibility index (Phi) is 4.80. The minimum Gasteiger partial charge on any atom is -0.460 e. The van der Waals surface area contributed by atoms with Gasteiger partial charge >= 0.3 is 5.97 Å². The highest BCUT2D eigenvalue weighted by Gasteiger charge is 2.21. The molecular weight excluding hydrogens is 328 g/mol. The highest BCUT2D eigenvalue weighted by atomic mass is 16.6. The van der Waals surface area contributed by atoms with Gasteiger partial charge in [0.05, 0.1) is 0 Å². The van der Waals surface area contributed by atoms with E-state index in [1.165, 1.54) is 6.92 Å². The molecule has 5 nitrogen and oxygen atoms in total. The van der Waals surface area contributed by atoms with Crippen molar-refractivity contribution in [2.24, 2.45) is 0 Å². The third-order valence-corrected chi connectivity index (χ3v) is 4.08. The molecule has 1 heterocycles. The van der Waals surface area contributed by atoms with Crippen LogP contribution in [-0.4, -0.2) is 22.5 Å². The number of H-pyrrole nitrogens is 1. The zero-order chi connectivity index (χ0) is 18.7. The first-order valence-electron chi connectivity index (χ1n) is 8.49. The largest absolute Gasteiger partial charge is 0.460 e. The Labute approximate surface area is 152 Å². The molecule has 3 aromatic rings. The van der Waals surface area contributed by atoms with Gasteiger partial charge in [0.15, 0.2) is 0 Å². The minimum atomic E-state index is -0.567. The average Bonchev–Trinajstić information content (AvgIpc) is 3.02. The number of benzene rings is 2. The summed E-state index contributed by atoms with van der Waals surface area (Å²) in [4.78, 5) is 26.7. The molecule has 0 saturated heterocycles. The molecule has 0 atom stereocenters. The third kappa shape index (κ3) is 4.30. The van der Waals surface area contributed by atoms with Crippen LogP contribution in [0.1, 0.15) is 36.7 Å². The highest BCUT2D eigenvalue weighted by molar-refractivity contribution is 6.06. The molecule has 3 rings (SSSR count). The number of carbonyl (C=O) groups is 2. The van der Waals surface area contributed by atoms with Crippen molar-refractivity contribution in [1.29, 1.82) is 0 Å². The number of nitrogens with one attached hydrogen (secondary N) is 2. The Morgan fingerprint density at radius 1 is 1.08 bits per heavy atom. The normalized spacial score (nSPS) is 11.3. The maximum atomic E-state index is 12.4. The first-order valence-corrected chi connectivity index (χ1v) is 8.49. The van der Waals surface area contributed by atoms with E-state index in [-0.39, 0.29) is 11.9 Å². The lowest BCUT2D eigenvalue weighted by atomic mass is 9.98. The van der Waals surface area contributed by atoms with Gasteiger partial charge in [-0.15, -0.1) is 0 Å². The van der Waals surface area contributed by atoms with E-state index in [4.69, 9.17) is 4.74 Å². The number of anilines is 1. The molecule has 26 heavy (non-hydrogen) atoms. The van der Waals surface area contributed by atoms with Crippen LogP contribution in [0.2, 0.25) is 0 Å². The van der Waals surface area contributed by atoms with Crippen LogP contribution in [0.3, 0.4) is 0 Å². The number of rotatable bonds is 5. The van der Waals surface area contributed by atoms with E-state index in [0.717, 1.165) is 22.2 Å². The molecule has 0 saturated carbocycles. The van der Waals surface area contributed by atoms with Gasteiger partial charge in [-0.1, -0.05) is 18.2 Å². The van der Waals surface area contributed by atoms with E-state index in [2.05, 4.69) is 10.3 Å². The van der Waals surface area contributed by atoms with E-state index in [9.17, 15) is 9.59 Å². The molecule has 1 aromatic heterocycles. The number of carbonyl (C=O) groups excluding carboxylic acids is 2. The van der Waals surface area contributed by atoms with Crippen LogP contribution in [0, 0.1) is 0 Å². The van der Waals surface area contributed by atoms with E-state index >= 15 is 0 Å². The van der Waals surface area contributed by atoms with Crippen molar-refractivity contribution in [1.82, 2.24) is 4.98 Å².